The maximum Gasteiger partial charge on any atom is 0.266 e. The lowest BCUT2D eigenvalue weighted by Crippen LogP contribution is -2.32. The van der Waals surface area contributed by atoms with Gasteiger partial charge in [0.15, 0.2) is 0 Å². The molecule has 8 heteroatoms. The van der Waals surface area contributed by atoms with E-state index in [4.69, 9.17) is 23.8 Å². The molecule has 1 heterocycles. The average molecular weight is 432 g/mol. The first-order valence-corrected chi connectivity index (χ1v) is 10.2. The van der Waals surface area contributed by atoms with E-state index in [1.807, 2.05) is 48.5 Å². The van der Waals surface area contributed by atoms with Crippen LogP contribution in [-0.2, 0) is 9.59 Å². The number of carbonyl (C=O) groups excluding carboxylic acids is 2. The summed E-state index contributed by atoms with van der Waals surface area (Å²) in [4.78, 5) is 26.6. The number of hydrogen-bond acceptors (Lipinski definition) is 5. The Kier molecular flexibility index (Phi) is 7.08. The molecule has 1 aliphatic rings. The van der Waals surface area contributed by atoms with Gasteiger partial charge in [-0.05, 0) is 36.3 Å². The summed E-state index contributed by atoms with van der Waals surface area (Å²) in [7, 11) is 0. The predicted molar refractivity (Wildman–Crippen MR) is 119 cm³/mol. The summed E-state index contributed by atoms with van der Waals surface area (Å²) in [5, 5.41) is 0.579. The summed E-state index contributed by atoms with van der Waals surface area (Å²) in [6, 6.07) is 16.7. The number of hydrogen-bond donors (Lipinski definition) is 2. The van der Waals surface area contributed by atoms with Crippen molar-refractivity contribution in [3.05, 3.63) is 70.1 Å². The molecule has 2 aromatic carbocycles. The third-order valence-electron chi connectivity index (χ3n) is 3.97. The summed E-state index contributed by atoms with van der Waals surface area (Å²) in [6.07, 6.45) is 2.53. The Labute approximate surface area is 178 Å². The first-order chi connectivity index (χ1) is 13.5. The molecule has 1 fully saturated rings. The van der Waals surface area contributed by atoms with Crippen molar-refractivity contribution < 1.29 is 9.59 Å². The minimum Gasteiger partial charge on any atom is -0.299 e. The van der Waals surface area contributed by atoms with E-state index in [2.05, 4.69) is 10.9 Å². The zero-order valence-corrected chi connectivity index (χ0v) is 17.2. The third-order valence-corrected chi connectivity index (χ3v) is 5.69. The summed E-state index contributed by atoms with van der Waals surface area (Å²) in [6.45, 7) is 0.392. The summed E-state index contributed by atoms with van der Waals surface area (Å²) >= 11 is 12.7. The van der Waals surface area contributed by atoms with E-state index >= 15 is 0 Å². The molecule has 0 bridgehead atoms. The minimum atomic E-state index is -0.155. The predicted octanol–water partition coefficient (Wildman–Crippen LogP) is 4.46. The molecule has 2 aromatic rings. The lowest BCUT2D eigenvalue weighted by atomic mass is 10.2. The van der Waals surface area contributed by atoms with E-state index in [1.54, 1.807) is 12.1 Å². The van der Waals surface area contributed by atoms with Gasteiger partial charge in [-0.2, -0.15) is 0 Å². The Morgan fingerprint density at radius 3 is 2.61 bits per heavy atom. The molecule has 1 saturated heterocycles. The second kappa shape index (κ2) is 9.73. The number of anilines is 1. The van der Waals surface area contributed by atoms with E-state index in [1.165, 1.54) is 16.7 Å². The average Bonchev–Trinajstić information content (AvgIpc) is 2.96. The fourth-order valence-electron chi connectivity index (χ4n) is 2.55. The van der Waals surface area contributed by atoms with Crippen LogP contribution < -0.4 is 10.9 Å². The second-order valence-corrected chi connectivity index (χ2v) is 8.08. The van der Waals surface area contributed by atoms with Crippen molar-refractivity contribution in [2.24, 2.45) is 0 Å². The first kappa shape index (κ1) is 20.4. The van der Waals surface area contributed by atoms with E-state index in [0.717, 1.165) is 11.3 Å². The molecular weight excluding hydrogens is 414 g/mol. The van der Waals surface area contributed by atoms with Crippen LogP contribution in [-0.4, -0.2) is 27.6 Å². The molecule has 0 spiro atoms. The molecule has 3 rings (SSSR count). The van der Waals surface area contributed by atoms with Gasteiger partial charge < -0.3 is 0 Å². The number of benzene rings is 2. The van der Waals surface area contributed by atoms with E-state index in [-0.39, 0.29) is 18.2 Å². The Hall–Kier alpha value is -2.35. The normalized spacial score (nSPS) is 15.2. The highest BCUT2D eigenvalue weighted by atomic mass is 35.5. The number of halogens is 1. The van der Waals surface area contributed by atoms with Gasteiger partial charge in [0.05, 0.1) is 10.6 Å². The van der Waals surface area contributed by atoms with E-state index < -0.39 is 0 Å². The standard InChI is InChI=1S/C20H18ClN3O2S2/c21-16-10-5-4-7-14(16)13-17-19(26)24(20(27)28-17)12-6-11-18(25)23-22-15-8-2-1-3-9-15/h1-5,7-10,13,22H,6,11-12H2,(H,23,25)/b17-13-. The number of para-hydroxylation sites is 1. The summed E-state index contributed by atoms with van der Waals surface area (Å²) in [5.74, 6) is -0.307. The van der Waals surface area contributed by atoms with Gasteiger partial charge in [0.25, 0.3) is 5.91 Å². The number of nitrogens with one attached hydrogen (secondary N) is 2. The van der Waals surface area contributed by atoms with Gasteiger partial charge in [0.2, 0.25) is 5.91 Å². The van der Waals surface area contributed by atoms with Crippen LogP contribution in [0.1, 0.15) is 18.4 Å². The zero-order valence-electron chi connectivity index (χ0n) is 14.9. The highest BCUT2D eigenvalue weighted by Gasteiger charge is 2.31. The van der Waals surface area contributed by atoms with E-state index in [0.29, 0.717) is 27.2 Å². The lowest BCUT2D eigenvalue weighted by molar-refractivity contribution is -0.123. The van der Waals surface area contributed by atoms with Crippen molar-refractivity contribution in [3.63, 3.8) is 0 Å². The quantitative estimate of drug-likeness (QED) is 0.385. The SMILES string of the molecule is O=C(CCCN1C(=O)/C(=C/c2ccccc2Cl)SC1=S)NNc1ccccc1. The number of carbonyl (C=O) groups is 2. The van der Waals surface area contributed by atoms with Crippen LogP contribution >= 0.6 is 35.6 Å². The number of rotatable bonds is 7. The fourth-order valence-corrected chi connectivity index (χ4v) is 4.04. The Morgan fingerprint density at radius 1 is 1.14 bits per heavy atom. The molecule has 0 saturated carbocycles. The van der Waals surface area contributed by atoms with Crippen molar-refractivity contribution in [3.8, 4) is 0 Å². The molecule has 1 aliphatic heterocycles. The van der Waals surface area contributed by atoms with Crippen molar-refractivity contribution in [1.29, 1.82) is 0 Å². The fraction of sp³-hybridized carbons (Fsp3) is 0.150. The van der Waals surface area contributed by atoms with Gasteiger partial charge in [-0.25, -0.2) is 0 Å². The van der Waals surface area contributed by atoms with E-state index in [9.17, 15) is 9.59 Å². The molecule has 2 amide bonds. The van der Waals surface area contributed by atoms with Crippen LogP contribution in [0.2, 0.25) is 5.02 Å². The monoisotopic (exact) mass is 431 g/mol. The molecule has 144 valence electrons. The molecule has 2 N–H and O–H groups in total. The number of nitrogens with zero attached hydrogens (tertiary/aromatic N) is 1. The van der Waals surface area contributed by atoms with Gasteiger partial charge in [0.1, 0.15) is 4.32 Å². The van der Waals surface area contributed by atoms with Gasteiger partial charge >= 0.3 is 0 Å². The molecule has 5 nitrogen and oxygen atoms in total. The van der Waals surface area contributed by atoms with Crippen LogP contribution in [0.5, 0.6) is 0 Å². The van der Waals surface area contributed by atoms with Crippen LogP contribution in [0.3, 0.4) is 0 Å². The molecule has 28 heavy (non-hydrogen) atoms. The Morgan fingerprint density at radius 2 is 1.86 bits per heavy atom. The first-order valence-electron chi connectivity index (χ1n) is 8.64. The van der Waals surface area contributed by atoms with Crippen molar-refractivity contribution in [2.75, 3.05) is 12.0 Å². The zero-order chi connectivity index (χ0) is 19.9. The highest BCUT2D eigenvalue weighted by Crippen LogP contribution is 2.33. The number of thioether (sulfide) groups is 1. The van der Waals surface area contributed by atoms with Crippen LogP contribution in [0.15, 0.2) is 59.5 Å². The number of amides is 2. The highest BCUT2D eigenvalue weighted by molar-refractivity contribution is 8.26. The summed E-state index contributed by atoms with van der Waals surface area (Å²) in [5.41, 5.74) is 7.06. The maximum absolute atomic E-state index is 12.6. The second-order valence-electron chi connectivity index (χ2n) is 6.00. The molecular formula is C20H18ClN3O2S2. The number of thiocarbonyl (C=S) groups is 1. The summed E-state index contributed by atoms with van der Waals surface area (Å²) < 4.78 is 0.492. The molecule has 0 atom stereocenters. The minimum absolute atomic E-state index is 0.152. The van der Waals surface area contributed by atoms with Crippen LogP contribution in [0.4, 0.5) is 5.69 Å². The third kappa shape index (κ3) is 5.34. The molecule has 0 aliphatic carbocycles. The maximum atomic E-state index is 12.6. The van der Waals surface area contributed by atoms with Crippen molar-refractivity contribution >= 4 is 63.5 Å². The van der Waals surface area contributed by atoms with Gasteiger partial charge in [-0.1, -0.05) is 72.0 Å². The molecule has 0 unspecified atom stereocenters. The molecule has 0 radical (unpaired) electrons. The van der Waals surface area contributed by atoms with Gasteiger partial charge in [-0.15, -0.1) is 0 Å². The largest absolute Gasteiger partial charge is 0.299 e. The smallest absolute Gasteiger partial charge is 0.266 e. The Bertz CT molecular complexity index is 919. The molecule has 0 aromatic heterocycles. The lowest BCUT2D eigenvalue weighted by Gasteiger charge is -2.14. The number of hydrazine groups is 1. The van der Waals surface area contributed by atoms with Gasteiger partial charge in [0, 0.05) is 18.0 Å². The topological polar surface area (TPSA) is 61.4 Å². The van der Waals surface area contributed by atoms with Crippen molar-refractivity contribution in [1.82, 2.24) is 10.3 Å². The van der Waals surface area contributed by atoms with Crippen LogP contribution in [0.25, 0.3) is 6.08 Å². The van der Waals surface area contributed by atoms with Crippen molar-refractivity contribution in [2.45, 2.75) is 12.8 Å². The van der Waals surface area contributed by atoms with Crippen LogP contribution in [0, 0.1) is 0 Å². The van der Waals surface area contributed by atoms with Gasteiger partial charge in [-0.3, -0.25) is 25.3 Å². The Balaban J connectivity index is 1.49.